The molecule has 0 saturated carbocycles. The molecule has 188 valence electrons. The van der Waals surface area contributed by atoms with Gasteiger partial charge in [-0.1, -0.05) is 13.3 Å². The lowest BCUT2D eigenvalue weighted by atomic mass is 10.1. The van der Waals surface area contributed by atoms with E-state index in [2.05, 4.69) is 20.9 Å². The Balaban J connectivity index is 1.81. The van der Waals surface area contributed by atoms with Gasteiger partial charge >= 0.3 is 0 Å². The smallest absolute Gasteiger partial charge is 0.248 e. The van der Waals surface area contributed by atoms with Crippen LogP contribution in [0.15, 0.2) is 30.7 Å². The number of ether oxygens (including phenoxy) is 1. The van der Waals surface area contributed by atoms with Gasteiger partial charge in [-0.05, 0) is 44.9 Å². The van der Waals surface area contributed by atoms with E-state index in [1.165, 1.54) is 0 Å². The summed E-state index contributed by atoms with van der Waals surface area (Å²) in [6, 6.07) is 2.14. The fourth-order valence-corrected chi connectivity index (χ4v) is 3.22. The van der Waals surface area contributed by atoms with E-state index in [0.717, 1.165) is 24.7 Å². The summed E-state index contributed by atoms with van der Waals surface area (Å²) in [5.74, 6) is -2.03. The molecule has 3 N–H and O–H groups in total. The third-order valence-electron chi connectivity index (χ3n) is 4.76. The van der Waals surface area contributed by atoms with Crippen molar-refractivity contribution in [2.45, 2.75) is 65.1 Å². The Labute approximate surface area is 199 Å². The van der Waals surface area contributed by atoms with E-state index in [1.54, 1.807) is 12.5 Å². The van der Waals surface area contributed by atoms with Gasteiger partial charge in [0.2, 0.25) is 11.8 Å². The van der Waals surface area contributed by atoms with Crippen LogP contribution < -0.4 is 16.0 Å². The molecule has 0 spiro atoms. The number of hydrogen-bond donors (Lipinski definition) is 3. The molecule has 0 aliphatic heterocycles. The zero-order chi connectivity index (χ0) is 25.1. The lowest BCUT2D eigenvalue weighted by Gasteiger charge is -2.19. The molecule has 1 aromatic heterocycles. The molecule has 0 unspecified atom stereocenters. The van der Waals surface area contributed by atoms with Crippen LogP contribution in [0.4, 0.5) is 14.6 Å². The van der Waals surface area contributed by atoms with Crippen molar-refractivity contribution >= 4 is 17.6 Å². The molecule has 0 fully saturated rings. The Morgan fingerprint density at radius 3 is 2.50 bits per heavy atom. The quantitative estimate of drug-likeness (QED) is 0.384. The highest BCUT2D eigenvalue weighted by Crippen LogP contribution is 2.10. The Morgan fingerprint density at radius 1 is 1.15 bits per heavy atom. The second-order valence-electron chi connectivity index (χ2n) is 9.06. The SMILES string of the molecule is CCC[C@H](NC(=O)Cc1cc(F)cc(F)c1)C(=O)Nc1cn(CCNCCOC(C)(C)C)cn1. The molecule has 10 heteroatoms. The van der Waals surface area contributed by atoms with Crippen LogP contribution in [0.3, 0.4) is 0 Å². The van der Waals surface area contributed by atoms with Crippen molar-refractivity contribution in [1.29, 1.82) is 0 Å². The van der Waals surface area contributed by atoms with Gasteiger partial charge in [0.05, 0.1) is 25.0 Å². The van der Waals surface area contributed by atoms with E-state index in [1.807, 2.05) is 32.3 Å². The van der Waals surface area contributed by atoms with Crippen molar-refractivity contribution < 1.29 is 23.1 Å². The molecule has 34 heavy (non-hydrogen) atoms. The maximum atomic E-state index is 13.4. The molecular formula is C24H35F2N5O3. The molecule has 2 aromatic rings. The van der Waals surface area contributed by atoms with Crippen molar-refractivity contribution in [3.8, 4) is 0 Å². The first-order valence-electron chi connectivity index (χ1n) is 11.5. The topological polar surface area (TPSA) is 97.3 Å². The number of nitrogens with zero attached hydrogens (tertiary/aromatic N) is 2. The molecule has 2 rings (SSSR count). The number of rotatable bonds is 13. The summed E-state index contributed by atoms with van der Waals surface area (Å²) in [6.45, 7) is 10.7. The van der Waals surface area contributed by atoms with E-state index in [-0.39, 0.29) is 17.6 Å². The minimum absolute atomic E-state index is 0.161. The predicted molar refractivity (Wildman–Crippen MR) is 126 cm³/mol. The number of benzene rings is 1. The van der Waals surface area contributed by atoms with E-state index in [9.17, 15) is 18.4 Å². The number of amides is 2. The van der Waals surface area contributed by atoms with Crippen LogP contribution in [-0.4, -0.2) is 52.7 Å². The number of nitrogens with one attached hydrogen (secondary N) is 3. The predicted octanol–water partition coefficient (Wildman–Crippen LogP) is 3.03. The highest BCUT2D eigenvalue weighted by atomic mass is 19.1. The fourth-order valence-electron chi connectivity index (χ4n) is 3.22. The van der Waals surface area contributed by atoms with Crippen LogP contribution in [0.5, 0.6) is 0 Å². The lowest BCUT2D eigenvalue weighted by molar-refractivity contribution is -0.126. The molecule has 0 bridgehead atoms. The molecule has 1 aromatic carbocycles. The maximum absolute atomic E-state index is 13.4. The monoisotopic (exact) mass is 479 g/mol. The zero-order valence-corrected chi connectivity index (χ0v) is 20.3. The average Bonchev–Trinajstić information content (AvgIpc) is 3.15. The standard InChI is InChI=1S/C24H35F2N5O3/c1-5-6-20(29-22(32)13-17-11-18(25)14-19(26)12-17)23(33)30-21-15-31(16-28-21)9-7-27-8-10-34-24(2,3)4/h11-12,14-16,20,27H,5-10,13H2,1-4H3,(H,29,32)(H,30,33)/t20-/m0/s1. The van der Waals surface area contributed by atoms with E-state index in [4.69, 9.17) is 4.74 Å². The molecule has 0 aliphatic rings. The molecule has 0 saturated heterocycles. The molecule has 8 nitrogen and oxygen atoms in total. The van der Waals surface area contributed by atoms with Gasteiger partial charge in [-0.3, -0.25) is 9.59 Å². The summed E-state index contributed by atoms with van der Waals surface area (Å²) in [6.07, 6.45) is 4.17. The number of halogens is 2. The minimum Gasteiger partial charge on any atom is -0.375 e. The van der Waals surface area contributed by atoms with Crippen molar-refractivity contribution in [3.63, 3.8) is 0 Å². The van der Waals surface area contributed by atoms with Gasteiger partial charge in [-0.15, -0.1) is 0 Å². The first kappa shape index (κ1) is 27.4. The summed E-state index contributed by atoms with van der Waals surface area (Å²) in [5, 5.41) is 8.64. The zero-order valence-electron chi connectivity index (χ0n) is 20.3. The van der Waals surface area contributed by atoms with Crippen LogP contribution in [0, 0.1) is 11.6 Å². The van der Waals surface area contributed by atoms with Crippen molar-refractivity contribution in [3.05, 3.63) is 47.9 Å². The second-order valence-corrected chi connectivity index (χ2v) is 9.06. The number of carbonyl (C=O) groups excluding carboxylic acids is 2. The van der Waals surface area contributed by atoms with Crippen molar-refractivity contribution in [2.75, 3.05) is 25.0 Å². The van der Waals surface area contributed by atoms with Crippen LogP contribution in [0.2, 0.25) is 0 Å². The number of hydrogen-bond acceptors (Lipinski definition) is 5. The number of imidazole rings is 1. The highest BCUT2D eigenvalue weighted by molar-refractivity contribution is 5.96. The average molecular weight is 480 g/mol. The number of aromatic nitrogens is 2. The Morgan fingerprint density at radius 2 is 1.85 bits per heavy atom. The maximum Gasteiger partial charge on any atom is 0.248 e. The second kappa shape index (κ2) is 13.1. The molecule has 2 amide bonds. The molecular weight excluding hydrogens is 444 g/mol. The van der Waals surface area contributed by atoms with Gasteiger partial charge in [0.1, 0.15) is 17.7 Å². The summed E-state index contributed by atoms with van der Waals surface area (Å²) >= 11 is 0. The molecule has 1 atom stereocenters. The van der Waals surface area contributed by atoms with E-state index < -0.39 is 29.5 Å². The van der Waals surface area contributed by atoms with E-state index in [0.29, 0.717) is 38.4 Å². The van der Waals surface area contributed by atoms with Gasteiger partial charge in [0.15, 0.2) is 5.82 Å². The van der Waals surface area contributed by atoms with E-state index >= 15 is 0 Å². The molecule has 0 aliphatic carbocycles. The van der Waals surface area contributed by atoms with Crippen molar-refractivity contribution in [2.24, 2.45) is 0 Å². The lowest BCUT2D eigenvalue weighted by Crippen LogP contribution is -2.44. The van der Waals surface area contributed by atoms with Gasteiger partial charge in [0.25, 0.3) is 0 Å². The van der Waals surface area contributed by atoms with Crippen LogP contribution in [0.25, 0.3) is 0 Å². The fraction of sp³-hybridized carbons (Fsp3) is 0.542. The largest absolute Gasteiger partial charge is 0.375 e. The van der Waals surface area contributed by atoms with Gasteiger partial charge < -0.3 is 25.3 Å². The van der Waals surface area contributed by atoms with Gasteiger partial charge in [0, 0.05) is 31.9 Å². The van der Waals surface area contributed by atoms with Crippen LogP contribution in [-0.2, 0) is 27.3 Å². The Kier molecular flexibility index (Phi) is 10.6. The summed E-state index contributed by atoms with van der Waals surface area (Å²) in [4.78, 5) is 29.3. The normalized spacial score (nSPS) is 12.4. The molecule has 0 radical (unpaired) electrons. The third-order valence-corrected chi connectivity index (χ3v) is 4.76. The Hall–Kier alpha value is -2.85. The summed E-state index contributed by atoms with van der Waals surface area (Å²) in [7, 11) is 0. The molecule has 1 heterocycles. The van der Waals surface area contributed by atoms with Gasteiger partial charge in [-0.25, -0.2) is 13.8 Å². The minimum atomic E-state index is -0.787. The Bertz CT molecular complexity index is 923. The summed E-state index contributed by atoms with van der Waals surface area (Å²) in [5.41, 5.74) is 0.0361. The van der Waals surface area contributed by atoms with Crippen molar-refractivity contribution in [1.82, 2.24) is 20.2 Å². The summed E-state index contributed by atoms with van der Waals surface area (Å²) < 4.78 is 34.2. The third kappa shape index (κ3) is 10.4. The van der Waals surface area contributed by atoms with Crippen LogP contribution in [0.1, 0.15) is 46.1 Å². The highest BCUT2D eigenvalue weighted by Gasteiger charge is 2.21. The first-order chi connectivity index (χ1) is 16.1. The number of anilines is 1. The van der Waals surface area contributed by atoms with Crippen LogP contribution >= 0.6 is 0 Å². The number of carbonyl (C=O) groups is 2. The van der Waals surface area contributed by atoms with Gasteiger partial charge in [-0.2, -0.15) is 0 Å². The first-order valence-corrected chi connectivity index (χ1v) is 11.5.